The highest BCUT2D eigenvalue weighted by Crippen LogP contribution is 2.46. The van der Waals surface area contributed by atoms with Crippen LogP contribution in [0.5, 0.6) is 5.75 Å². The summed E-state index contributed by atoms with van der Waals surface area (Å²) in [5.41, 5.74) is 9.93. The Hall–Kier alpha value is -2.13. The van der Waals surface area contributed by atoms with Crippen molar-refractivity contribution < 1.29 is 9.53 Å². The molecule has 0 saturated heterocycles. The van der Waals surface area contributed by atoms with Gasteiger partial charge in [0.2, 0.25) is 0 Å². The number of rotatable bonds is 2. The van der Waals surface area contributed by atoms with Gasteiger partial charge in [0, 0.05) is 11.5 Å². The lowest BCUT2D eigenvalue weighted by molar-refractivity contribution is 0.0734. The predicted octanol–water partition coefficient (Wildman–Crippen LogP) is 4.63. The summed E-state index contributed by atoms with van der Waals surface area (Å²) in [7, 11) is 0. The topological polar surface area (TPSA) is 52.3 Å². The highest BCUT2D eigenvalue weighted by Gasteiger charge is 2.43. The number of carbonyl (C=O) groups is 1. The largest absolute Gasteiger partial charge is 0.423 e. The van der Waals surface area contributed by atoms with Crippen LogP contribution in [0.3, 0.4) is 0 Å². The number of carbonyl (C=O) groups excluding carboxylic acids is 1. The van der Waals surface area contributed by atoms with Crippen LogP contribution in [0.4, 0.5) is 0 Å². The van der Waals surface area contributed by atoms with E-state index in [0.29, 0.717) is 17.2 Å². The van der Waals surface area contributed by atoms with Gasteiger partial charge >= 0.3 is 5.97 Å². The van der Waals surface area contributed by atoms with Crippen molar-refractivity contribution in [2.24, 2.45) is 11.7 Å². The molecule has 26 heavy (non-hydrogen) atoms. The first-order valence-corrected chi connectivity index (χ1v) is 9.74. The van der Waals surface area contributed by atoms with Crippen molar-refractivity contribution in [1.29, 1.82) is 0 Å². The van der Waals surface area contributed by atoms with Crippen LogP contribution in [-0.4, -0.2) is 12.0 Å². The molecule has 4 rings (SSSR count). The average molecular weight is 349 g/mol. The van der Waals surface area contributed by atoms with Crippen molar-refractivity contribution in [3.8, 4) is 5.75 Å². The molecule has 2 aromatic carbocycles. The number of esters is 1. The second-order valence-corrected chi connectivity index (χ2v) is 8.08. The molecule has 3 nitrogen and oxygen atoms in total. The SMILES string of the molecule is C[C@@]12CCCCC[C@@H](Cc3ccc(OC(=O)c4ccccc4)cc31)[C@@H]2N. The molecule has 0 spiro atoms. The van der Waals surface area contributed by atoms with Crippen LogP contribution in [0.15, 0.2) is 48.5 Å². The van der Waals surface area contributed by atoms with Gasteiger partial charge < -0.3 is 10.5 Å². The molecule has 0 aromatic heterocycles. The molecule has 0 unspecified atom stereocenters. The highest BCUT2D eigenvalue weighted by atomic mass is 16.5. The second kappa shape index (κ2) is 6.88. The van der Waals surface area contributed by atoms with E-state index >= 15 is 0 Å². The first kappa shape index (κ1) is 17.3. The summed E-state index contributed by atoms with van der Waals surface area (Å²) < 4.78 is 5.66. The lowest BCUT2D eigenvalue weighted by Crippen LogP contribution is -2.52. The summed E-state index contributed by atoms with van der Waals surface area (Å²) in [6, 6.07) is 15.4. The van der Waals surface area contributed by atoms with Gasteiger partial charge in [-0.25, -0.2) is 4.79 Å². The third-order valence-corrected chi connectivity index (χ3v) is 6.41. The lowest BCUT2D eigenvalue weighted by Gasteiger charge is -2.47. The molecule has 3 heteroatoms. The Morgan fingerprint density at radius 1 is 1.12 bits per heavy atom. The summed E-state index contributed by atoms with van der Waals surface area (Å²) in [6.07, 6.45) is 7.16. The van der Waals surface area contributed by atoms with E-state index in [1.807, 2.05) is 24.3 Å². The van der Waals surface area contributed by atoms with Gasteiger partial charge in [-0.15, -0.1) is 0 Å². The first-order chi connectivity index (χ1) is 12.6. The molecule has 0 radical (unpaired) electrons. The van der Waals surface area contributed by atoms with Crippen LogP contribution in [0.1, 0.15) is 60.5 Å². The number of benzene rings is 2. The minimum Gasteiger partial charge on any atom is -0.423 e. The Morgan fingerprint density at radius 3 is 2.73 bits per heavy atom. The van der Waals surface area contributed by atoms with Crippen molar-refractivity contribution in [2.75, 3.05) is 0 Å². The van der Waals surface area contributed by atoms with E-state index in [4.69, 9.17) is 10.5 Å². The molecule has 0 heterocycles. The van der Waals surface area contributed by atoms with E-state index < -0.39 is 0 Å². The average Bonchev–Trinajstić information content (AvgIpc) is 2.66. The van der Waals surface area contributed by atoms with Gasteiger partial charge in [-0.2, -0.15) is 0 Å². The van der Waals surface area contributed by atoms with Crippen LogP contribution < -0.4 is 10.5 Å². The number of hydrogen-bond donors (Lipinski definition) is 1. The smallest absolute Gasteiger partial charge is 0.343 e. The normalized spacial score (nSPS) is 27.8. The van der Waals surface area contributed by atoms with Crippen LogP contribution in [0.2, 0.25) is 0 Å². The highest BCUT2D eigenvalue weighted by molar-refractivity contribution is 5.91. The Labute approximate surface area is 155 Å². The summed E-state index contributed by atoms with van der Waals surface area (Å²) in [5.74, 6) is 0.864. The standard InChI is InChI=1S/C23H27NO2/c1-23-13-7-3-6-10-18(21(23)24)14-17-11-12-19(15-20(17)23)26-22(25)16-8-4-2-5-9-16/h2,4-5,8-9,11-12,15,18,21H,3,6-7,10,13-14,24H2,1H3/t18-,21-,23+/m0/s1. The fourth-order valence-electron chi connectivity index (χ4n) is 4.84. The van der Waals surface area contributed by atoms with Gasteiger partial charge in [-0.1, -0.05) is 50.5 Å². The maximum Gasteiger partial charge on any atom is 0.343 e. The molecule has 2 bridgehead atoms. The van der Waals surface area contributed by atoms with Crippen molar-refractivity contribution in [2.45, 2.75) is 56.9 Å². The van der Waals surface area contributed by atoms with E-state index in [1.165, 1.54) is 36.8 Å². The molecule has 0 aliphatic heterocycles. The zero-order chi connectivity index (χ0) is 18.1. The van der Waals surface area contributed by atoms with Gasteiger partial charge in [0.15, 0.2) is 0 Å². The van der Waals surface area contributed by atoms with E-state index in [1.54, 1.807) is 12.1 Å². The van der Waals surface area contributed by atoms with Crippen LogP contribution >= 0.6 is 0 Å². The van der Waals surface area contributed by atoms with Crippen LogP contribution in [0.25, 0.3) is 0 Å². The maximum absolute atomic E-state index is 12.4. The minimum atomic E-state index is -0.314. The van der Waals surface area contributed by atoms with Crippen molar-refractivity contribution in [3.63, 3.8) is 0 Å². The summed E-state index contributed by atoms with van der Waals surface area (Å²) in [4.78, 5) is 12.4. The van der Waals surface area contributed by atoms with Crippen molar-refractivity contribution in [1.82, 2.24) is 0 Å². The van der Waals surface area contributed by atoms with Gasteiger partial charge in [0.05, 0.1) is 5.56 Å². The molecule has 0 amide bonds. The quantitative estimate of drug-likeness (QED) is 0.635. The molecule has 2 N–H and O–H groups in total. The van der Waals surface area contributed by atoms with Gasteiger partial charge in [-0.3, -0.25) is 0 Å². The number of ether oxygens (including phenoxy) is 1. The molecule has 1 saturated carbocycles. The Morgan fingerprint density at radius 2 is 1.92 bits per heavy atom. The summed E-state index contributed by atoms with van der Waals surface area (Å²) >= 11 is 0. The van der Waals surface area contributed by atoms with E-state index in [0.717, 1.165) is 12.8 Å². The molecular weight excluding hydrogens is 322 g/mol. The van der Waals surface area contributed by atoms with E-state index in [2.05, 4.69) is 19.1 Å². The molecular formula is C23H27NO2. The Kier molecular flexibility index (Phi) is 4.58. The molecule has 2 aliphatic rings. The maximum atomic E-state index is 12.4. The van der Waals surface area contributed by atoms with Gasteiger partial charge in [0.25, 0.3) is 0 Å². The molecule has 2 aliphatic carbocycles. The van der Waals surface area contributed by atoms with Crippen molar-refractivity contribution in [3.05, 3.63) is 65.2 Å². The lowest BCUT2D eigenvalue weighted by atomic mass is 9.60. The second-order valence-electron chi connectivity index (χ2n) is 8.08. The molecule has 1 fully saturated rings. The fourth-order valence-corrected chi connectivity index (χ4v) is 4.84. The zero-order valence-corrected chi connectivity index (χ0v) is 15.4. The van der Waals surface area contributed by atoms with Crippen LogP contribution in [0, 0.1) is 5.92 Å². The van der Waals surface area contributed by atoms with Crippen molar-refractivity contribution >= 4 is 5.97 Å². The molecule has 3 atom stereocenters. The van der Waals surface area contributed by atoms with Crippen LogP contribution in [-0.2, 0) is 11.8 Å². The predicted molar refractivity (Wildman–Crippen MR) is 103 cm³/mol. The van der Waals surface area contributed by atoms with E-state index in [9.17, 15) is 4.79 Å². The number of nitrogens with two attached hydrogens (primary N) is 1. The Balaban J connectivity index is 1.66. The number of hydrogen-bond acceptors (Lipinski definition) is 3. The third kappa shape index (κ3) is 3.05. The summed E-state index contributed by atoms with van der Waals surface area (Å²) in [5, 5.41) is 0. The van der Waals surface area contributed by atoms with Gasteiger partial charge in [-0.05, 0) is 60.6 Å². The fraction of sp³-hybridized carbons (Fsp3) is 0.435. The summed E-state index contributed by atoms with van der Waals surface area (Å²) in [6.45, 7) is 2.30. The third-order valence-electron chi connectivity index (χ3n) is 6.41. The van der Waals surface area contributed by atoms with E-state index in [-0.39, 0.29) is 17.4 Å². The number of fused-ring (bicyclic) bond motifs is 4. The molecule has 136 valence electrons. The molecule has 2 aromatic rings. The van der Waals surface area contributed by atoms with Gasteiger partial charge in [0.1, 0.15) is 5.75 Å². The first-order valence-electron chi connectivity index (χ1n) is 9.74. The monoisotopic (exact) mass is 349 g/mol. The minimum absolute atomic E-state index is 0.0339. The zero-order valence-electron chi connectivity index (χ0n) is 15.4. The Bertz CT molecular complexity index is 801.